The van der Waals surface area contributed by atoms with Gasteiger partial charge in [0, 0.05) is 13.2 Å². The smallest absolute Gasteiger partial charge is 0.0687 e. The summed E-state index contributed by atoms with van der Waals surface area (Å²) in [6, 6.07) is 0. The molecule has 2 spiro atoms. The van der Waals surface area contributed by atoms with Gasteiger partial charge in [-0.05, 0) is 76.0 Å². The van der Waals surface area contributed by atoms with Crippen LogP contribution in [0.15, 0.2) is 0 Å². The summed E-state index contributed by atoms with van der Waals surface area (Å²) in [5.41, 5.74) is 0.745. The molecule has 2 nitrogen and oxygen atoms in total. The third-order valence-corrected chi connectivity index (χ3v) is 5.75. The molecule has 0 amide bonds. The van der Waals surface area contributed by atoms with Crippen molar-refractivity contribution >= 4 is 0 Å². The Hall–Kier alpha value is -0.0800. The lowest BCUT2D eigenvalue weighted by Gasteiger charge is -2.48. The summed E-state index contributed by atoms with van der Waals surface area (Å²) in [4.78, 5) is 0. The molecule has 0 N–H and O–H groups in total. The van der Waals surface area contributed by atoms with E-state index < -0.39 is 0 Å². The second-order valence-corrected chi connectivity index (χ2v) is 8.00. The van der Waals surface area contributed by atoms with Crippen LogP contribution in [0.1, 0.15) is 106 Å². The summed E-state index contributed by atoms with van der Waals surface area (Å²) in [6.45, 7) is 14.7. The largest absolute Gasteiger partial charge is 0.375 e. The highest BCUT2D eigenvalue weighted by Gasteiger charge is 2.44. The van der Waals surface area contributed by atoms with Crippen LogP contribution in [-0.2, 0) is 9.47 Å². The maximum absolute atomic E-state index is 5.77. The highest BCUT2D eigenvalue weighted by atomic mass is 16.5. The molecular weight excluding hydrogens is 296 g/mol. The summed E-state index contributed by atoms with van der Waals surface area (Å²) in [5.74, 6) is 1.86. The Balaban J connectivity index is 0.000000199. The second-order valence-electron chi connectivity index (χ2n) is 8.00. The van der Waals surface area contributed by atoms with Crippen LogP contribution >= 0.6 is 0 Å². The van der Waals surface area contributed by atoms with Gasteiger partial charge in [0.15, 0.2) is 0 Å². The van der Waals surface area contributed by atoms with Gasteiger partial charge in [-0.1, -0.05) is 41.5 Å². The molecule has 0 aromatic carbocycles. The topological polar surface area (TPSA) is 18.5 Å². The fourth-order valence-electron chi connectivity index (χ4n) is 4.88. The molecule has 0 atom stereocenters. The molecule has 0 bridgehead atoms. The van der Waals surface area contributed by atoms with E-state index in [-0.39, 0.29) is 0 Å². The lowest BCUT2D eigenvalue weighted by atomic mass is 9.68. The van der Waals surface area contributed by atoms with Gasteiger partial charge < -0.3 is 9.47 Å². The monoisotopic (exact) mass is 340 g/mol. The molecule has 4 rings (SSSR count). The molecule has 4 fully saturated rings. The van der Waals surface area contributed by atoms with E-state index in [0.29, 0.717) is 11.2 Å². The maximum atomic E-state index is 5.77. The minimum Gasteiger partial charge on any atom is -0.375 e. The zero-order valence-electron chi connectivity index (χ0n) is 17.5. The van der Waals surface area contributed by atoms with Crippen LogP contribution in [0.2, 0.25) is 0 Å². The average Bonchev–Trinajstić information content (AvgIpc) is 2.59. The van der Waals surface area contributed by atoms with E-state index in [1.165, 1.54) is 64.2 Å². The van der Waals surface area contributed by atoms with Crippen molar-refractivity contribution < 1.29 is 9.47 Å². The minimum atomic E-state index is 0.373. The van der Waals surface area contributed by atoms with Gasteiger partial charge in [-0.15, -0.1) is 0 Å². The van der Waals surface area contributed by atoms with Crippen molar-refractivity contribution in [3.05, 3.63) is 0 Å². The third kappa shape index (κ3) is 6.02. The Kier molecular flexibility index (Phi) is 9.89. The minimum absolute atomic E-state index is 0.373. The molecule has 0 radical (unpaired) electrons. The van der Waals surface area contributed by atoms with Gasteiger partial charge in [-0.25, -0.2) is 0 Å². The van der Waals surface area contributed by atoms with Crippen molar-refractivity contribution in [1.82, 2.24) is 0 Å². The Morgan fingerprint density at radius 3 is 1.12 bits per heavy atom. The van der Waals surface area contributed by atoms with Gasteiger partial charge >= 0.3 is 0 Å². The molecule has 4 aliphatic rings. The summed E-state index contributed by atoms with van der Waals surface area (Å²) in [6.07, 6.45) is 13.3. The zero-order chi connectivity index (χ0) is 18.1. The van der Waals surface area contributed by atoms with Crippen LogP contribution in [0.4, 0.5) is 0 Å². The SMILES string of the molecule is CC.CC.CC1CC2(CCCCO2)C1.CC1CC2(CCCCO2)C1. The number of rotatable bonds is 0. The van der Waals surface area contributed by atoms with E-state index in [0.717, 1.165) is 25.0 Å². The van der Waals surface area contributed by atoms with Gasteiger partial charge in [-0.3, -0.25) is 0 Å². The van der Waals surface area contributed by atoms with E-state index in [2.05, 4.69) is 13.8 Å². The van der Waals surface area contributed by atoms with Crippen LogP contribution in [0, 0.1) is 11.8 Å². The van der Waals surface area contributed by atoms with E-state index >= 15 is 0 Å². The van der Waals surface area contributed by atoms with Crippen molar-refractivity contribution in [3.8, 4) is 0 Å². The molecule has 0 aromatic rings. The second kappa shape index (κ2) is 10.8. The molecule has 2 heterocycles. The molecule has 2 aliphatic heterocycles. The molecule has 2 aliphatic carbocycles. The lowest BCUT2D eigenvalue weighted by Crippen LogP contribution is -2.47. The fourth-order valence-corrected chi connectivity index (χ4v) is 4.88. The summed E-state index contributed by atoms with van der Waals surface area (Å²) < 4.78 is 11.5. The summed E-state index contributed by atoms with van der Waals surface area (Å²) >= 11 is 0. The molecular formula is C22H44O2. The zero-order valence-corrected chi connectivity index (χ0v) is 17.5. The van der Waals surface area contributed by atoms with Crippen LogP contribution in [0.3, 0.4) is 0 Å². The predicted octanol–water partition coefficient (Wildman–Crippen LogP) is 6.76. The standard InChI is InChI=1S/2C9H16O.2C2H6/c2*1-8-6-9(7-8)4-2-3-5-10-9;2*1-2/h2*8H,2-7H2,1H3;2*1-2H3. The quantitative estimate of drug-likeness (QED) is 0.485. The Bertz CT molecular complexity index is 251. The number of hydrogen-bond acceptors (Lipinski definition) is 2. The molecule has 0 aromatic heterocycles. The molecule has 144 valence electrons. The van der Waals surface area contributed by atoms with Crippen LogP contribution < -0.4 is 0 Å². The molecule has 24 heavy (non-hydrogen) atoms. The first-order chi connectivity index (χ1) is 11.6. The van der Waals surface area contributed by atoms with Crippen molar-refractivity contribution in [2.24, 2.45) is 11.8 Å². The molecule has 2 heteroatoms. The summed E-state index contributed by atoms with van der Waals surface area (Å²) in [5, 5.41) is 0. The average molecular weight is 341 g/mol. The first-order valence-corrected chi connectivity index (χ1v) is 10.9. The fraction of sp³-hybridized carbons (Fsp3) is 1.00. The predicted molar refractivity (Wildman–Crippen MR) is 105 cm³/mol. The highest BCUT2D eigenvalue weighted by Crippen LogP contribution is 2.46. The Morgan fingerprint density at radius 1 is 0.583 bits per heavy atom. The van der Waals surface area contributed by atoms with Crippen molar-refractivity contribution in [2.45, 2.75) is 117 Å². The van der Waals surface area contributed by atoms with Gasteiger partial charge in [0.05, 0.1) is 11.2 Å². The van der Waals surface area contributed by atoms with E-state index in [9.17, 15) is 0 Å². The van der Waals surface area contributed by atoms with Gasteiger partial charge in [0.25, 0.3) is 0 Å². The Morgan fingerprint density at radius 2 is 0.917 bits per heavy atom. The van der Waals surface area contributed by atoms with Crippen molar-refractivity contribution in [1.29, 1.82) is 0 Å². The number of ether oxygens (including phenoxy) is 2. The van der Waals surface area contributed by atoms with E-state index in [1.54, 1.807) is 0 Å². The molecule has 2 saturated heterocycles. The highest BCUT2D eigenvalue weighted by molar-refractivity contribution is 4.96. The molecule has 2 saturated carbocycles. The van der Waals surface area contributed by atoms with Gasteiger partial charge in [-0.2, -0.15) is 0 Å². The normalized spacial score (nSPS) is 39.8. The van der Waals surface area contributed by atoms with E-state index in [1.807, 2.05) is 27.7 Å². The van der Waals surface area contributed by atoms with Gasteiger partial charge in [0.2, 0.25) is 0 Å². The van der Waals surface area contributed by atoms with Gasteiger partial charge in [0.1, 0.15) is 0 Å². The van der Waals surface area contributed by atoms with Crippen molar-refractivity contribution in [2.75, 3.05) is 13.2 Å². The number of hydrogen-bond donors (Lipinski definition) is 0. The first kappa shape index (κ1) is 22.0. The maximum Gasteiger partial charge on any atom is 0.0687 e. The third-order valence-electron chi connectivity index (χ3n) is 5.75. The van der Waals surface area contributed by atoms with Crippen LogP contribution in [-0.4, -0.2) is 24.4 Å². The first-order valence-electron chi connectivity index (χ1n) is 10.9. The Labute approximate surface area is 152 Å². The van der Waals surface area contributed by atoms with E-state index in [4.69, 9.17) is 9.47 Å². The molecule has 0 unspecified atom stereocenters. The van der Waals surface area contributed by atoms with Crippen LogP contribution in [0.5, 0.6) is 0 Å². The van der Waals surface area contributed by atoms with Crippen molar-refractivity contribution in [3.63, 3.8) is 0 Å². The van der Waals surface area contributed by atoms with Crippen LogP contribution in [0.25, 0.3) is 0 Å². The lowest BCUT2D eigenvalue weighted by molar-refractivity contribution is -0.149. The summed E-state index contributed by atoms with van der Waals surface area (Å²) in [7, 11) is 0.